The van der Waals surface area contributed by atoms with Crippen molar-refractivity contribution in [3.8, 4) is 11.1 Å². The summed E-state index contributed by atoms with van der Waals surface area (Å²) in [4.78, 5) is 8.54. The van der Waals surface area contributed by atoms with Crippen LogP contribution in [-0.2, 0) is 0 Å². The van der Waals surface area contributed by atoms with Crippen molar-refractivity contribution in [3.63, 3.8) is 0 Å². The summed E-state index contributed by atoms with van der Waals surface area (Å²) < 4.78 is 5.52. The first-order valence-electron chi connectivity index (χ1n) is 5.94. The Kier molecular flexibility index (Phi) is 2.40. The third-order valence-electron chi connectivity index (χ3n) is 3.05. The van der Waals surface area contributed by atoms with Gasteiger partial charge in [0.1, 0.15) is 0 Å². The molecule has 0 unspecified atom stereocenters. The largest absolute Gasteiger partial charge is 0.439 e. The van der Waals surface area contributed by atoms with Crippen molar-refractivity contribution >= 4 is 11.2 Å². The third kappa shape index (κ3) is 1.78. The van der Waals surface area contributed by atoms with Gasteiger partial charge in [-0.1, -0.05) is 23.8 Å². The molecule has 0 fully saturated rings. The van der Waals surface area contributed by atoms with Crippen LogP contribution in [0, 0.1) is 20.8 Å². The van der Waals surface area contributed by atoms with Gasteiger partial charge in [-0.05, 0) is 31.0 Å². The van der Waals surface area contributed by atoms with Crippen LogP contribution in [-0.4, -0.2) is 9.97 Å². The highest BCUT2D eigenvalue weighted by Crippen LogP contribution is 2.26. The van der Waals surface area contributed by atoms with Gasteiger partial charge in [-0.15, -0.1) is 0 Å². The Morgan fingerprint density at radius 2 is 1.89 bits per heavy atom. The molecule has 3 nitrogen and oxygen atoms in total. The summed E-state index contributed by atoms with van der Waals surface area (Å²) in [6.45, 7) is 6.04. The lowest BCUT2D eigenvalue weighted by molar-refractivity contribution is 0.561. The van der Waals surface area contributed by atoms with Crippen LogP contribution < -0.4 is 0 Å². The highest BCUT2D eigenvalue weighted by atomic mass is 16.3. The third-order valence-corrected chi connectivity index (χ3v) is 3.05. The average Bonchev–Trinajstić information content (AvgIpc) is 2.68. The summed E-state index contributed by atoms with van der Waals surface area (Å²) in [5.74, 6) is 0.648. The second-order valence-electron chi connectivity index (χ2n) is 4.60. The SMILES string of the molecule is Cc1ccc(-c2cnc3nc(C)oc3c2)c(C)c1. The van der Waals surface area contributed by atoms with Crippen LogP contribution in [0.1, 0.15) is 17.0 Å². The summed E-state index contributed by atoms with van der Waals surface area (Å²) in [5.41, 5.74) is 6.17. The average molecular weight is 238 g/mol. The number of hydrogen-bond donors (Lipinski definition) is 0. The van der Waals surface area contributed by atoms with Gasteiger partial charge in [0.2, 0.25) is 0 Å². The Bertz CT molecular complexity index is 728. The molecule has 2 aromatic heterocycles. The first-order valence-corrected chi connectivity index (χ1v) is 5.94. The van der Waals surface area contributed by atoms with E-state index < -0.39 is 0 Å². The summed E-state index contributed by atoms with van der Waals surface area (Å²) in [6.07, 6.45) is 1.85. The number of fused-ring (bicyclic) bond motifs is 1. The van der Waals surface area contributed by atoms with Crippen LogP contribution in [0.4, 0.5) is 0 Å². The van der Waals surface area contributed by atoms with Gasteiger partial charge in [0, 0.05) is 18.7 Å². The van der Waals surface area contributed by atoms with Crippen LogP contribution >= 0.6 is 0 Å². The molecule has 0 aliphatic carbocycles. The van der Waals surface area contributed by atoms with Crippen molar-refractivity contribution in [2.75, 3.05) is 0 Å². The number of aryl methyl sites for hydroxylation is 3. The van der Waals surface area contributed by atoms with Crippen molar-refractivity contribution < 1.29 is 4.42 Å². The maximum absolute atomic E-state index is 5.52. The van der Waals surface area contributed by atoms with Crippen molar-refractivity contribution in [2.24, 2.45) is 0 Å². The van der Waals surface area contributed by atoms with E-state index in [2.05, 4.69) is 42.0 Å². The number of rotatable bonds is 1. The Labute approximate surface area is 105 Å². The van der Waals surface area contributed by atoms with E-state index >= 15 is 0 Å². The smallest absolute Gasteiger partial charge is 0.198 e. The molecule has 3 aromatic rings. The lowest BCUT2D eigenvalue weighted by Crippen LogP contribution is -1.86. The molecule has 0 bridgehead atoms. The van der Waals surface area contributed by atoms with Crippen LogP contribution in [0.3, 0.4) is 0 Å². The Hall–Kier alpha value is -2.16. The monoisotopic (exact) mass is 238 g/mol. The zero-order chi connectivity index (χ0) is 12.7. The van der Waals surface area contributed by atoms with Crippen molar-refractivity contribution in [1.29, 1.82) is 0 Å². The van der Waals surface area contributed by atoms with Crippen molar-refractivity contribution in [3.05, 3.63) is 47.5 Å². The number of pyridine rings is 1. The van der Waals surface area contributed by atoms with Gasteiger partial charge in [0.05, 0.1) is 0 Å². The molecule has 0 saturated heterocycles. The summed E-state index contributed by atoms with van der Waals surface area (Å²) in [6, 6.07) is 8.40. The quantitative estimate of drug-likeness (QED) is 0.647. The van der Waals surface area contributed by atoms with Gasteiger partial charge in [-0.2, -0.15) is 4.98 Å². The van der Waals surface area contributed by atoms with Gasteiger partial charge in [-0.3, -0.25) is 0 Å². The molecule has 2 heterocycles. The highest BCUT2D eigenvalue weighted by molar-refractivity contribution is 5.77. The molecule has 1 aromatic carbocycles. The molecular weight excluding hydrogens is 224 g/mol. The normalized spacial score (nSPS) is 11.1. The number of oxazole rings is 1. The topological polar surface area (TPSA) is 38.9 Å². The van der Waals surface area contributed by atoms with E-state index in [1.165, 1.54) is 16.7 Å². The lowest BCUT2D eigenvalue weighted by atomic mass is 10.0. The molecule has 0 atom stereocenters. The van der Waals surface area contributed by atoms with E-state index in [9.17, 15) is 0 Å². The molecule has 18 heavy (non-hydrogen) atoms. The minimum Gasteiger partial charge on any atom is -0.439 e. The van der Waals surface area contributed by atoms with Gasteiger partial charge in [0.15, 0.2) is 17.1 Å². The lowest BCUT2D eigenvalue weighted by Gasteiger charge is -2.06. The standard InChI is InChI=1S/C15H14N2O/c1-9-4-5-13(10(2)6-9)12-7-14-15(16-8-12)17-11(3)18-14/h4-8H,1-3H3. The van der Waals surface area contributed by atoms with Crippen LogP contribution in [0.25, 0.3) is 22.4 Å². The Morgan fingerprint density at radius 3 is 2.67 bits per heavy atom. The van der Waals surface area contributed by atoms with E-state index in [0.717, 1.165) is 11.1 Å². The molecule has 0 N–H and O–H groups in total. The molecule has 0 saturated carbocycles. The zero-order valence-electron chi connectivity index (χ0n) is 10.7. The van der Waals surface area contributed by atoms with E-state index in [1.54, 1.807) is 0 Å². The molecular formula is C15H14N2O. The van der Waals surface area contributed by atoms with Gasteiger partial charge < -0.3 is 4.42 Å². The minimum atomic E-state index is 0.648. The molecule has 0 spiro atoms. The van der Waals surface area contributed by atoms with Gasteiger partial charge >= 0.3 is 0 Å². The molecule has 3 rings (SSSR count). The highest BCUT2D eigenvalue weighted by Gasteiger charge is 2.07. The van der Waals surface area contributed by atoms with Crippen molar-refractivity contribution in [2.45, 2.75) is 20.8 Å². The number of aromatic nitrogens is 2. The number of hydrogen-bond acceptors (Lipinski definition) is 3. The summed E-state index contributed by atoms with van der Waals surface area (Å²) >= 11 is 0. The molecule has 90 valence electrons. The fraction of sp³-hybridized carbons (Fsp3) is 0.200. The minimum absolute atomic E-state index is 0.648. The second-order valence-corrected chi connectivity index (χ2v) is 4.60. The number of benzene rings is 1. The Balaban J connectivity index is 2.18. The van der Waals surface area contributed by atoms with Gasteiger partial charge in [0.25, 0.3) is 0 Å². The molecule has 0 aliphatic heterocycles. The van der Waals surface area contributed by atoms with Crippen LogP contribution in [0.2, 0.25) is 0 Å². The fourth-order valence-electron chi connectivity index (χ4n) is 2.21. The van der Waals surface area contributed by atoms with E-state index in [-0.39, 0.29) is 0 Å². The van der Waals surface area contributed by atoms with Crippen molar-refractivity contribution in [1.82, 2.24) is 9.97 Å². The zero-order valence-corrected chi connectivity index (χ0v) is 10.7. The maximum Gasteiger partial charge on any atom is 0.198 e. The molecule has 0 radical (unpaired) electrons. The van der Waals surface area contributed by atoms with Crippen LogP contribution in [0.5, 0.6) is 0 Å². The molecule has 0 amide bonds. The van der Waals surface area contributed by atoms with E-state index in [0.29, 0.717) is 11.5 Å². The second kappa shape index (κ2) is 3.95. The summed E-state index contributed by atoms with van der Waals surface area (Å²) in [7, 11) is 0. The Morgan fingerprint density at radius 1 is 1.06 bits per heavy atom. The first kappa shape index (κ1) is 11.0. The predicted octanol–water partition coefficient (Wildman–Crippen LogP) is 3.82. The fourth-order valence-corrected chi connectivity index (χ4v) is 2.21. The maximum atomic E-state index is 5.52. The molecule has 0 aliphatic rings. The number of nitrogens with zero attached hydrogens (tertiary/aromatic N) is 2. The first-order chi connectivity index (χ1) is 8.63. The predicted molar refractivity (Wildman–Crippen MR) is 71.5 cm³/mol. The molecule has 3 heteroatoms. The summed E-state index contributed by atoms with van der Waals surface area (Å²) in [5, 5.41) is 0. The van der Waals surface area contributed by atoms with E-state index in [1.807, 2.05) is 19.2 Å². The van der Waals surface area contributed by atoms with E-state index in [4.69, 9.17) is 4.42 Å². The van der Waals surface area contributed by atoms with Crippen LogP contribution in [0.15, 0.2) is 34.9 Å². The van der Waals surface area contributed by atoms with Gasteiger partial charge in [-0.25, -0.2) is 4.98 Å².